The molecule has 25 heavy (non-hydrogen) atoms. The van der Waals surface area contributed by atoms with Gasteiger partial charge in [0.15, 0.2) is 5.82 Å². The van der Waals surface area contributed by atoms with Crippen molar-refractivity contribution in [2.24, 2.45) is 10.9 Å². The van der Waals surface area contributed by atoms with Crippen molar-refractivity contribution in [3.63, 3.8) is 0 Å². The van der Waals surface area contributed by atoms with Crippen LogP contribution < -0.4 is 15.8 Å². The maximum Gasteiger partial charge on any atom is 0.228 e. The van der Waals surface area contributed by atoms with Gasteiger partial charge in [-0.15, -0.1) is 11.3 Å². The highest BCUT2D eigenvalue weighted by Crippen LogP contribution is 2.34. The Kier molecular flexibility index (Phi) is 4.43. The quantitative estimate of drug-likeness (QED) is 0.472. The van der Waals surface area contributed by atoms with Gasteiger partial charge in [-0.05, 0) is 51.2 Å². The highest BCUT2D eigenvalue weighted by Gasteiger charge is 2.27. The Balaban J connectivity index is 1.65. The van der Waals surface area contributed by atoms with Crippen molar-refractivity contribution in [1.82, 2.24) is 20.8 Å². The lowest BCUT2D eigenvalue weighted by atomic mass is 10.1. The zero-order chi connectivity index (χ0) is 17.4. The average Bonchev–Trinajstić information content (AvgIpc) is 3.32. The van der Waals surface area contributed by atoms with E-state index in [9.17, 15) is 0 Å². The molecule has 2 aromatic rings. The smallest absolute Gasteiger partial charge is 0.228 e. The van der Waals surface area contributed by atoms with E-state index in [-0.39, 0.29) is 0 Å². The summed E-state index contributed by atoms with van der Waals surface area (Å²) in [5, 5.41) is 0. The molecule has 0 amide bonds. The molecule has 1 atom stereocenters. The summed E-state index contributed by atoms with van der Waals surface area (Å²) in [6.07, 6.45) is 5.54. The number of hydrogen-bond acceptors (Lipinski definition) is 6. The molecule has 0 bridgehead atoms. The van der Waals surface area contributed by atoms with Crippen LogP contribution in [0.2, 0.25) is 0 Å². The molecule has 2 aliphatic rings. The summed E-state index contributed by atoms with van der Waals surface area (Å²) < 4.78 is 1.03. The van der Waals surface area contributed by atoms with Gasteiger partial charge in [0.1, 0.15) is 5.84 Å². The minimum absolute atomic E-state index is 0.492. The summed E-state index contributed by atoms with van der Waals surface area (Å²) in [6, 6.07) is 2.60. The summed E-state index contributed by atoms with van der Waals surface area (Å²) in [7, 11) is 0. The van der Waals surface area contributed by atoms with Gasteiger partial charge >= 0.3 is 0 Å². The summed E-state index contributed by atoms with van der Waals surface area (Å²) in [4.78, 5) is 17.7. The van der Waals surface area contributed by atoms with Gasteiger partial charge in [-0.1, -0.05) is 6.58 Å². The summed E-state index contributed by atoms with van der Waals surface area (Å²) in [6.45, 7) is 10.1. The van der Waals surface area contributed by atoms with Crippen molar-refractivity contribution in [2.45, 2.75) is 39.2 Å². The predicted octanol–water partition coefficient (Wildman–Crippen LogP) is 3.32. The highest BCUT2D eigenvalue weighted by molar-refractivity contribution is 7.19. The number of aromatic nitrogens is 2. The number of hydrazine groups is 1. The molecule has 1 aliphatic carbocycles. The standard InChI is InChI=1S/C18H24N6S/c1-4-15(23-19-10-13-5-6-13)21-17-16-14(9-12(3)25-16)20-18(22-17)24-8-7-11(24)2/h4,9,11,13,19H,1,5-8,10H2,2-3H3,(H,20,21,22,23). The van der Waals surface area contributed by atoms with E-state index in [1.165, 1.54) is 24.1 Å². The first-order chi connectivity index (χ1) is 12.1. The molecular formula is C18H24N6S. The highest BCUT2D eigenvalue weighted by atomic mass is 32.1. The van der Waals surface area contributed by atoms with Crippen molar-refractivity contribution in [2.75, 3.05) is 18.0 Å². The number of nitrogens with one attached hydrogen (secondary N) is 2. The van der Waals surface area contributed by atoms with Gasteiger partial charge in [0.2, 0.25) is 5.95 Å². The van der Waals surface area contributed by atoms with Crippen LogP contribution in [0.5, 0.6) is 0 Å². The Hall–Kier alpha value is -1.99. The van der Waals surface area contributed by atoms with Crippen LogP contribution in [0.3, 0.4) is 0 Å². The van der Waals surface area contributed by atoms with Crippen molar-refractivity contribution >= 4 is 39.2 Å². The molecule has 0 radical (unpaired) electrons. The molecule has 1 saturated carbocycles. The lowest BCUT2D eigenvalue weighted by Crippen LogP contribution is -2.46. The third kappa shape index (κ3) is 3.52. The largest absolute Gasteiger partial charge is 0.338 e. The molecule has 6 nitrogen and oxygen atoms in total. The zero-order valence-corrected chi connectivity index (χ0v) is 15.6. The molecule has 132 valence electrons. The lowest BCUT2D eigenvalue weighted by Gasteiger charge is -2.38. The first-order valence-electron chi connectivity index (χ1n) is 8.89. The van der Waals surface area contributed by atoms with E-state index < -0.39 is 0 Å². The molecule has 4 rings (SSSR count). The van der Waals surface area contributed by atoms with Crippen LogP contribution in [0.15, 0.2) is 23.7 Å². The second-order valence-corrected chi connectivity index (χ2v) is 8.16. The minimum atomic E-state index is 0.492. The van der Waals surface area contributed by atoms with Crippen LogP contribution in [-0.4, -0.2) is 34.9 Å². The molecule has 1 unspecified atom stereocenters. The van der Waals surface area contributed by atoms with Gasteiger partial charge in [0, 0.05) is 24.0 Å². The van der Waals surface area contributed by atoms with Crippen LogP contribution in [0, 0.1) is 12.8 Å². The van der Waals surface area contributed by atoms with Gasteiger partial charge in [0.05, 0.1) is 10.2 Å². The summed E-state index contributed by atoms with van der Waals surface area (Å²) >= 11 is 1.68. The Morgan fingerprint density at radius 3 is 2.92 bits per heavy atom. The van der Waals surface area contributed by atoms with Crippen molar-refractivity contribution in [1.29, 1.82) is 0 Å². The topological polar surface area (TPSA) is 65.4 Å². The van der Waals surface area contributed by atoms with Crippen LogP contribution in [0.4, 0.5) is 11.8 Å². The number of rotatable bonds is 6. The van der Waals surface area contributed by atoms with Crippen molar-refractivity contribution < 1.29 is 0 Å². The number of amidine groups is 1. The van der Waals surface area contributed by atoms with Gasteiger partial charge in [-0.2, -0.15) is 4.98 Å². The van der Waals surface area contributed by atoms with E-state index in [1.807, 2.05) is 0 Å². The predicted molar refractivity (Wildman–Crippen MR) is 105 cm³/mol. The Morgan fingerprint density at radius 1 is 1.44 bits per heavy atom. The Labute approximate surface area is 152 Å². The fourth-order valence-corrected chi connectivity index (χ4v) is 3.77. The molecule has 2 fully saturated rings. The minimum Gasteiger partial charge on any atom is -0.338 e. The molecule has 0 spiro atoms. The Morgan fingerprint density at radius 2 is 2.28 bits per heavy atom. The first-order valence-corrected chi connectivity index (χ1v) is 9.70. The van der Waals surface area contributed by atoms with E-state index in [1.54, 1.807) is 17.4 Å². The molecule has 2 aromatic heterocycles. The number of fused-ring (bicyclic) bond motifs is 1. The van der Waals surface area contributed by atoms with E-state index in [4.69, 9.17) is 15.0 Å². The number of anilines is 1. The molecule has 1 saturated heterocycles. The fourth-order valence-electron chi connectivity index (χ4n) is 2.89. The third-order valence-electron chi connectivity index (χ3n) is 4.77. The SMILES string of the molecule is C=CC(=Nc1nc(N2CCC2C)nc2cc(C)sc12)NNCC1CC1. The molecule has 3 heterocycles. The molecule has 2 N–H and O–H groups in total. The van der Waals surface area contributed by atoms with Gasteiger partial charge in [-0.25, -0.2) is 15.4 Å². The zero-order valence-electron chi connectivity index (χ0n) is 14.7. The summed E-state index contributed by atoms with van der Waals surface area (Å²) in [5.41, 5.74) is 7.37. The van der Waals surface area contributed by atoms with E-state index in [0.717, 1.165) is 35.2 Å². The molecule has 1 aliphatic heterocycles. The van der Waals surface area contributed by atoms with Crippen LogP contribution in [0.1, 0.15) is 31.1 Å². The average molecular weight is 356 g/mol. The maximum absolute atomic E-state index is 4.75. The molecular weight excluding hydrogens is 332 g/mol. The second-order valence-electron chi connectivity index (χ2n) is 6.90. The van der Waals surface area contributed by atoms with Crippen molar-refractivity contribution in [3.8, 4) is 0 Å². The third-order valence-corrected chi connectivity index (χ3v) is 5.80. The van der Waals surface area contributed by atoms with Crippen LogP contribution >= 0.6 is 11.3 Å². The second kappa shape index (κ2) is 6.72. The lowest BCUT2D eigenvalue weighted by molar-refractivity contribution is 0.471. The van der Waals surface area contributed by atoms with Gasteiger partial charge in [-0.3, -0.25) is 0 Å². The van der Waals surface area contributed by atoms with Gasteiger partial charge in [0.25, 0.3) is 0 Å². The summed E-state index contributed by atoms with van der Waals surface area (Å²) in [5.74, 6) is 2.98. The van der Waals surface area contributed by atoms with E-state index in [2.05, 4.69) is 42.2 Å². The maximum atomic E-state index is 4.75. The normalized spacial score (nSPS) is 20.6. The fraction of sp³-hybridized carbons (Fsp3) is 0.500. The number of aryl methyl sites for hydroxylation is 1. The number of aliphatic imine (C=N–C) groups is 1. The van der Waals surface area contributed by atoms with Crippen molar-refractivity contribution in [3.05, 3.63) is 23.6 Å². The van der Waals surface area contributed by atoms with Crippen LogP contribution in [0.25, 0.3) is 10.2 Å². The molecule has 7 heteroatoms. The van der Waals surface area contributed by atoms with E-state index in [0.29, 0.717) is 17.7 Å². The van der Waals surface area contributed by atoms with E-state index >= 15 is 0 Å². The first kappa shape index (κ1) is 16.5. The van der Waals surface area contributed by atoms with Crippen LogP contribution in [-0.2, 0) is 0 Å². The number of nitrogens with zero attached hydrogens (tertiary/aromatic N) is 4. The monoisotopic (exact) mass is 356 g/mol. The van der Waals surface area contributed by atoms with Gasteiger partial charge < -0.3 is 10.3 Å². The number of thiophene rings is 1. The molecule has 0 aromatic carbocycles. The Bertz CT molecular complexity index is 822. The number of hydrogen-bond donors (Lipinski definition) is 2.